The molecule has 0 saturated carbocycles. The maximum Gasteiger partial charge on any atom is 0.416 e. The summed E-state index contributed by atoms with van der Waals surface area (Å²) < 4.78 is 43.5. The van der Waals surface area contributed by atoms with Crippen molar-refractivity contribution < 1.29 is 17.9 Å². The van der Waals surface area contributed by atoms with Gasteiger partial charge in [-0.1, -0.05) is 0 Å². The first-order valence-corrected chi connectivity index (χ1v) is 5.67. The summed E-state index contributed by atoms with van der Waals surface area (Å²) in [4.78, 5) is 26.1. The molecule has 0 spiro atoms. The Morgan fingerprint density at radius 2 is 2.00 bits per heavy atom. The molecule has 0 unspecified atom stereocenters. The number of alkyl halides is 3. The number of H-pyrrole nitrogens is 1. The standard InChI is InChI=1S/C12H11F3N2O3/c1-20-5-4-17-10(18)8-6-7(12(13,14)15)2-3-9(8)16-11(17)19/h2-3,6H,4-5H2,1H3,(H,16,19). The van der Waals surface area contributed by atoms with E-state index in [4.69, 9.17) is 4.74 Å². The van der Waals surface area contributed by atoms with E-state index >= 15 is 0 Å². The molecule has 0 bridgehead atoms. The minimum atomic E-state index is -4.55. The Hall–Kier alpha value is -2.09. The Morgan fingerprint density at radius 1 is 1.30 bits per heavy atom. The molecule has 0 aliphatic rings. The van der Waals surface area contributed by atoms with Crippen LogP contribution >= 0.6 is 0 Å². The molecular formula is C12H11F3N2O3. The van der Waals surface area contributed by atoms with Crippen molar-refractivity contribution in [3.05, 3.63) is 44.6 Å². The number of aromatic amines is 1. The van der Waals surface area contributed by atoms with Gasteiger partial charge in [0.05, 0.1) is 29.6 Å². The number of nitrogens with zero attached hydrogens (tertiary/aromatic N) is 1. The average Bonchev–Trinajstić information content (AvgIpc) is 2.37. The van der Waals surface area contributed by atoms with Crippen LogP contribution in [-0.4, -0.2) is 23.3 Å². The molecule has 0 aliphatic carbocycles. The predicted octanol–water partition coefficient (Wildman–Crippen LogP) is 1.35. The summed E-state index contributed by atoms with van der Waals surface area (Å²) >= 11 is 0. The summed E-state index contributed by atoms with van der Waals surface area (Å²) in [7, 11) is 1.39. The molecule has 1 heterocycles. The van der Waals surface area contributed by atoms with Gasteiger partial charge in [-0.2, -0.15) is 13.2 Å². The third-order valence-corrected chi connectivity index (χ3v) is 2.83. The number of benzene rings is 1. The summed E-state index contributed by atoms with van der Waals surface area (Å²) in [5, 5.41) is -0.185. The lowest BCUT2D eigenvalue weighted by atomic mass is 10.1. The molecule has 2 aromatic rings. The molecule has 5 nitrogen and oxygen atoms in total. The maximum absolute atomic E-state index is 12.6. The zero-order valence-corrected chi connectivity index (χ0v) is 10.5. The zero-order valence-electron chi connectivity index (χ0n) is 10.5. The summed E-state index contributed by atoms with van der Waals surface area (Å²) in [6, 6.07) is 2.62. The highest BCUT2D eigenvalue weighted by atomic mass is 19.4. The molecule has 1 N–H and O–H groups in total. The van der Waals surface area contributed by atoms with Gasteiger partial charge in [0.2, 0.25) is 0 Å². The number of fused-ring (bicyclic) bond motifs is 1. The largest absolute Gasteiger partial charge is 0.416 e. The Morgan fingerprint density at radius 3 is 2.60 bits per heavy atom. The monoisotopic (exact) mass is 288 g/mol. The van der Waals surface area contributed by atoms with Gasteiger partial charge in [0.15, 0.2) is 0 Å². The first-order chi connectivity index (χ1) is 9.34. The Bertz CT molecular complexity index is 746. The van der Waals surface area contributed by atoms with Crippen molar-refractivity contribution in [2.75, 3.05) is 13.7 Å². The fourth-order valence-corrected chi connectivity index (χ4v) is 1.81. The highest BCUT2D eigenvalue weighted by molar-refractivity contribution is 5.78. The van der Waals surface area contributed by atoms with Crippen molar-refractivity contribution in [1.29, 1.82) is 0 Å². The summed E-state index contributed by atoms with van der Waals surface area (Å²) in [6.07, 6.45) is -4.55. The van der Waals surface area contributed by atoms with E-state index in [1.165, 1.54) is 7.11 Å². The van der Waals surface area contributed by atoms with E-state index in [1.54, 1.807) is 0 Å². The summed E-state index contributed by atoms with van der Waals surface area (Å²) in [5.41, 5.74) is -2.32. The molecule has 1 aromatic heterocycles. The lowest BCUT2D eigenvalue weighted by molar-refractivity contribution is -0.137. The van der Waals surface area contributed by atoms with Crippen molar-refractivity contribution in [3.8, 4) is 0 Å². The van der Waals surface area contributed by atoms with Crippen molar-refractivity contribution >= 4 is 10.9 Å². The molecule has 8 heteroatoms. The predicted molar refractivity (Wildman–Crippen MR) is 65.7 cm³/mol. The number of aromatic nitrogens is 2. The van der Waals surface area contributed by atoms with Crippen LogP contribution in [0.1, 0.15) is 5.56 Å². The number of hydrogen-bond donors (Lipinski definition) is 1. The molecule has 20 heavy (non-hydrogen) atoms. The van der Waals surface area contributed by atoms with E-state index in [1.807, 2.05) is 0 Å². The molecule has 0 radical (unpaired) electrons. The van der Waals surface area contributed by atoms with Gasteiger partial charge in [0.25, 0.3) is 5.56 Å². The van der Waals surface area contributed by atoms with Crippen LogP contribution in [0.2, 0.25) is 0 Å². The highest BCUT2D eigenvalue weighted by Gasteiger charge is 2.30. The Labute approximate surface area is 110 Å². The van der Waals surface area contributed by atoms with Gasteiger partial charge in [0, 0.05) is 7.11 Å². The average molecular weight is 288 g/mol. The molecule has 108 valence electrons. The Kier molecular flexibility index (Phi) is 3.67. The summed E-state index contributed by atoms with van der Waals surface area (Å²) in [6.45, 7) is 0.0737. The van der Waals surface area contributed by atoms with E-state index in [2.05, 4.69) is 4.98 Å². The third kappa shape index (κ3) is 2.60. The van der Waals surface area contributed by atoms with Crippen LogP contribution in [0.3, 0.4) is 0 Å². The Balaban J connectivity index is 2.68. The fourth-order valence-electron chi connectivity index (χ4n) is 1.81. The van der Waals surface area contributed by atoms with Gasteiger partial charge in [-0.25, -0.2) is 4.79 Å². The molecule has 0 aliphatic heterocycles. The van der Waals surface area contributed by atoms with E-state index in [0.717, 1.165) is 22.8 Å². The number of ether oxygens (including phenoxy) is 1. The lowest BCUT2D eigenvalue weighted by Crippen LogP contribution is -2.36. The van der Waals surface area contributed by atoms with Gasteiger partial charge in [-0.15, -0.1) is 0 Å². The first-order valence-electron chi connectivity index (χ1n) is 5.67. The molecule has 0 atom stereocenters. The third-order valence-electron chi connectivity index (χ3n) is 2.83. The number of methoxy groups -OCH3 is 1. The molecule has 1 aromatic carbocycles. The fraction of sp³-hybridized carbons (Fsp3) is 0.333. The lowest BCUT2D eigenvalue weighted by Gasteiger charge is -2.09. The van der Waals surface area contributed by atoms with Crippen molar-refractivity contribution in [1.82, 2.24) is 9.55 Å². The van der Waals surface area contributed by atoms with Crippen LogP contribution in [0.25, 0.3) is 10.9 Å². The van der Waals surface area contributed by atoms with E-state index < -0.39 is 23.0 Å². The van der Waals surface area contributed by atoms with Crippen molar-refractivity contribution in [3.63, 3.8) is 0 Å². The topological polar surface area (TPSA) is 64.1 Å². The minimum Gasteiger partial charge on any atom is -0.383 e. The second-order valence-corrected chi connectivity index (χ2v) is 4.14. The molecular weight excluding hydrogens is 277 g/mol. The van der Waals surface area contributed by atoms with Crippen molar-refractivity contribution in [2.24, 2.45) is 0 Å². The van der Waals surface area contributed by atoms with Crippen LogP contribution in [0.4, 0.5) is 13.2 Å². The SMILES string of the molecule is COCCn1c(=O)[nH]c2ccc(C(F)(F)F)cc2c1=O. The quantitative estimate of drug-likeness (QED) is 0.927. The van der Waals surface area contributed by atoms with Gasteiger partial charge in [0.1, 0.15) is 0 Å². The van der Waals surface area contributed by atoms with Gasteiger partial charge in [-0.05, 0) is 18.2 Å². The second kappa shape index (κ2) is 5.12. The van der Waals surface area contributed by atoms with Crippen LogP contribution in [-0.2, 0) is 17.5 Å². The molecule has 0 fully saturated rings. The van der Waals surface area contributed by atoms with Crippen molar-refractivity contribution in [2.45, 2.75) is 12.7 Å². The van der Waals surface area contributed by atoms with E-state index in [-0.39, 0.29) is 24.1 Å². The number of halogens is 3. The zero-order chi connectivity index (χ0) is 14.9. The second-order valence-electron chi connectivity index (χ2n) is 4.14. The number of rotatable bonds is 3. The van der Waals surface area contributed by atoms with Gasteiger partial charge >= 0.3 is 11.9 Å². The number of hydrogen-bond acceptors (Lipinski definition) is 3. The van der Waals surface area contributed by atoms with E-state index in [0.29, 0.717) is 0 Å². The summed E-state index contributed by atoms with van der Waals surface area (Å²) in [5.74, 6) is 0. The normalized spacial score (nSPS) is 12.0. The maximum atomic E-state index is 12.6. The molecule has 0 amide bonds. The van der Waals surface area contributed by atoms with Crippen LogP contribution < -0.4 is 11.2 Å². The van der Waals surface area contributed by atoms with Crippen LogP contribution in [0, 0.1) is 0 Å². The van der Waals surface area contributed by atoms with E-state index in [9.17, 15) is 22.8 Å². The molecule has 0 saturated heterocycles. The smallest absolute Gasteiger partial charge is 0.383 e. The van der Waals surface area contributed by atoms with Gasteiger partial charge in [-0.3, -0.25) is 9.36 Å². The number of nitrogens with one attached hydrogen (secondary N) is 1. The van der Waals surface area contributed by atoms with Crippen LogP contribution in [0.15, 0.2) is 27.8 Å². The van der Waals surface area contributed by atoms with Gasteiger partial charge < -0.3 is 9.72 Å². The molecule has 2 rings (SSSR count). The van der Waals surface area contributed by atoms with Crippen LogP contribution in [0.5, 0.6) is 0 Å². The first kappa shape index (κ1) is 14.3. The minimum absolute atomic E-state index is 0.0309. The highest BCUT2D eigenvalue weighted by Crippen LogP contribution is 2.30.